The summed E-state index contributed by atoms with van der Waals surface area (Å²) in [6, 6.07) is 23.8. The molecular formula is C30H28N4O2. The summed E-state index contributed by atoms with van der Waals surface area (Å²) >= 11 is 0. The van der Waals surface area contributed by atoms with Crippen molar-refractivity contribution in [3.05, 3.63) is 107 Å². The van der Waals surface area contributed by atoms with Gasteiger partial charge in [-0.05, 0) is 57.2 Å². The molecule has 0 unspecified atom stereocenters. The average molecular weight is 477 g/mol. The lowest BCUT2D eigenvalue weighted by Gasteiger charge is -2.13. The van der Waals surface area contributed by atoms with Gasteiger partial charge in [0.25, 0.3) is 5.91 Å². The minimum Gasteiger partial charge on any atom is -0.496 e. The minimum absolute atomic E-state index is 0.163. The molecule has 0 spiro atoms. The molecule has 6 heteroatoms. The van der Waals surface area contributed by atoms with Crippen LogP contribution in [0.4, 0.5) is 0 Å². The van der Waals surface area contributed by atoms with Crippen LogP contribution in [-0.2, 0) is 6.54 Å². The third-order valence-corrected chi connectivity index (χ3v) is 6.41. The Labute approximate surface area is 210 Å². The number of para-hydroxylation sites is 1. The van der Waals surface area contributed by atoms with E-state index >= 15 is 0 Å². The zero-order chi connectivity index (χ0) is 25.2. The summed E-state index contributed by atoms with van der Waals surface area (Å²) in [5.41, 5.74) is 8.06. The van der Waals surface area contributed by atoms with Crippen molar-refractivity contribution in [2.24, 2.45) is 0 Å². The number of carbonyl (C=O) groups excluding carboxylic acids is 1. The highest BCUT2D eigenvalue weighted by atomic mass is 16.5. The second kappa shape index (κ2) is 9.66. The molecule has 0 saturated carbocycles. The molecule has 2 aromatic heterocycles. The molecule has 0 saturated heterocycles. The molecule has 3 aromatic carbocycles. The predicted octanol–water partition coefficient (Wildman–Crippen LogP) is 5.95. The largest absolute Gasteiger partial charge is 0.496 e. The topological polar surface area (TPSA) is 69.0 Å². The van der Waals surface area contributed by atoms with Gasteiger partial charge in [0.2, 0.25) is 0 Å². The Bertz CT molecular complexity index is 1570. The highest BCUT2D eigenvalue weighted by Crippen LogP contribution is 2.29. The van der Waals surface area contributed by atoms with Crippen LogP contribution in [0.15, 0.2) is 79.0 Å². The van der Waals surface area contributed by atoms with Crippen molar-refractivity contribution in [2.75, 3.05) is 7.11 Å². The Morgan fingerprint density at radius 1 is 0.944 bits per heavy atom. The van der Waals surface area contributed by atoms with E-state index in [1.807, 2.05) is 85.4 Å². The van der Waals surface area contributed by atoms with Crippen molar-refractivity contribution < 1.29 is 9.53 Å². The summed E-state index contributed by atoms with van der Waals surface area (Å²) in [5.74, 6) is 0.580. The molecule has 0 aliphatic carbocycles. The van der Waals surface area contributed by atoms with E-state index in [9.17, 15) is 4.79 Å². The zero-order valence-corrected chi connectivity index (χ0v) is 20.9. The number of ether oxygens (including phenoxy) is 1. The summed E-state index contributed by atoms with van der Waals surface area (Å²) in [4.78, 5) is 18.4. The molecule has 180 valence electrons. The number of aromatic nitrogens is 3. The number of benzene rings is 3. The number of hydrogen-bond acceptors (Lipinski definition) is 4. The van der Waals surface area contributed by atoms with E-state index in [4.69, 9.17) is 9.72 Å². The van der Waals surface area contributed by atoms with Gasteiger partial charge in [-0.2, -0.15) is 5.10 Å². The van der Waals surface area contributed by atoms with E-state index in [1.54, 1.807) is 7.11 Å². The number of rotatable bonds is 6. The molecule has 0 atom stereocenters. The number of methoxy groups -OCH3 is 1. The first kappa shape index (κ1) is 23.3. The molecule has 5 rings (SSSR count). The van der Waals surface area contributed by atoms with Crippen LogP contribution in [-0.4, -0.2) is 27.8 Å². The fourth-order valence-electron chi connectivity index (χ4n) is 4.39. The van der Waals surface area contributed by atoms with E-state index in [0.717, 1.165) is 44.7 Å². The second-order valence-corrected chi connectivity index (χ2v) is 8.96. The minimum atomic E-state index is -0.163. The molecule has 5 aromatic rings. The molecule has 0 bridgehead atoms. The molecule has 1 amide bonds. The van der Waals surface area contributed by atoms with Crippen LogP contribution in [0.3, 0.4) is 0 Å². The van der Waals surface area contributed by atoms with Gasteiger partial charge in [0.15, 0.2) is 0 Å². The van der Waals surface area contributed by atoms with Crippen LogP contribution >= 0.6 is 0 Å². The van der Waals surface area contributed by atoms with Crippen molar-refractivity contribution in [1.82, 2.24) is 20.1 Å². The fraction of sp³-hybridized carbons (Fsp3) is 0.167. The Hall–Kier alpha value is -4.45. The fourth-order valence-corrected chi connectivity index (χ4v) is 4.39. The van der Waals surface area contributed by atoms with Crippen molar-refractivity contribution in [1.29, 1.82) is 0 Å². The van der Waals surface area contributed by atoms with Gasteiger partial charge in [0.05, 0.1) is 41.5 Å². The van der Waals surface area contributed by atoms with E-state index in [0.29, 0.717) is 17.8 Å². The molecule has 2 heterocycles. The van der Waals surface area contributed by atoms with E-state index in [-0.39, 0.29) is 5.91 Å². The molecule has 1 N–H and O–H groups in total. The maximum Gasteiger partial charge on any atom is 0.252 e. The van der Waals surface area contributed by atoms with Crippen LogP contribution in [0.5, 0.6) is 5.75 Å². The van der Waals surface area contributed by atoms with E-state index in [2.05, 4.69) is 29.5 Å². The Balaban J connectivity index is 1.54. The SMILES string of the molecule is COc1ccccc1CNC(=O)c1cc(-c2cnn(-c3ccc(C)cc3)c2C)nc2ccc(C)cc12. The molecule has 36 heavy (non-hydrogen) atoms. The quantitative estimate of drug-likeness (QED) is 0.329. The molecular weight excluding hydrogens is 448 g/mol. The normalized spacial score (nSPS) is 11.0. The number of pyridine rings is 1. The first-order valence-electron chi connectivity index (χ1n) is 11.9. The van der Waals surface area contributed by atoms with Gasteiger partial charge in [0.1, 0.15) is 5.75 Å². The summed E-state index contributed by atoms with van der Waals surface area (Å²) in [6.07, 6.45) is 1.81. The summed E-state index contributed by atoms with van der Waals surface area (Å²) < 4.78 is 7.33. The summed E-state index contributed by atoms with van der Waals surface area (Å²) in [7, 11) is 1.63. The smallest absolute Gasteiger partial charge is 0.252 e. The molecule has 0 radical (unpaired) electrons. The standard InChI is InChI=1S/C30H28N4O2/c1-19-9-12-23(13-10-19)34-21(3)26(18-32-34)28-16-25(24-15-20(2)11-14-27(24)33-28)30(35)31-17-22-7-5-6-8-29(22)36-4/h5-16,18H,17H2,1-4H3,(H,31,35). The zero-order valence-electron chi connectivity index (χ0n) is 20.9. The Morgan fingerprint density at radius 3 is 2.47 bits per heavy atom. The van der Waals surface area contributed by atoms with Crippen LogP contribution in [0.1, 0.15) is 32.7 Å². The van der Waals surface area contributed by atoms with Crippen LogP contribution in [0.2, 0.25) is 0 Å². The van der Waals surface area contributed by atoms with E-state index < -0.39 is 0 Å². The van der Waals surface area contributed by atoms with Gasteiger partial charge in [-0.3, -0.25) is 4.79 Å². The molecule has 0 aliphatic rings. The maximum atomic E-state index is 13.5. The van der Waals surface area contributed by atoms with Gasteiger partial charge in [-0.1, -0.05) is 47.5 Å². The van der Waals surface area contributed by atoms with Gasteiger partial charge < -0.3 is 10.1 Å². The van der Waals surface area contributed by atoms with Gasteiger partial charge in [-0.15, -0.1) is 0 Å². The van der Waals surface area contributed by atoms with Crippen molar-refractivity contribution in [3.8, 4) is 22.7 Å². The van der Waals surface area contributed by atoms with E-state index in [1.165, 1.54) is 5.56 Å². The number of fused-ring (bicyclic) bond motifs is 1. The first-order valence-corrected chi connectivity index (χ1v) is 11.9. The van der Waals surface area contributed by atoms with Crippen molar-refractivity contribution in [3.63, 3.8) is 0 Å². The second-order valence-electron chi connectivity index (χ2n) is 8.96. The summed E-state index contributed by atoms with van der Waals surface area (Å²) in [5, 5.41) is 8.50. The Morgan fingerprint density at radius 2 is 1.69 bits per heavy atom. The highest BCUT2D eigenvalue weighted by Gasteiger charge is 2.18. The lowest BCUT2D eigenvalue weighted by Crippen LogP contribution is -2.23. The van der Waals surface area contributed by atoms with Gasteiger partial charge in [-0.25, -0.2) is 9.67 Å². The van der Waals surface area contributed by atoms with Crippen LogP contribution in [0.25, 0.3) is 27.8 Å². The first-order chi connectivity index (χ1) is 17.4. The Kier molecular flexibility index (Phi) is 6.25. The molecule has 0 aliphatic heterocycles. The van der Waals surface area contributed by atoms with Crippen LogP contribution in [0, 0.1) is 20.8 Å². The number of aryl methyl sites for hydroxylation is 2. The third kappa shape index (κ3) is 4.45. The number of carbonyl (C=O) groups is 1. The number of nitrogens with zero attached hydrogens (tertiary/aromatic N) is 3. The summed E-state index contributed by atoms with van der Waals surface area (Å²) in [6.45, 7) is 6.45. The molecule has 0 fully saturated rings. The maximum absolute atomic E-state index is 13.5. The van der Waals surface area contributed by atoms with Crippen molar-refractivity contribution >= 4 is 16.8 Å². The average Bonchev–Trinajstić information content (AvgIpc) is 3.28. The predicted molar refractivity (Wildman–Crippen MR) is 143 cm³/mol. The number of hydrogen-bond donors (Lipinski definition) is 1. The van der Waals surface area contributed by atoms with Gasteiger partial charge >= 0.3 is 0 Å². The van der Waals surface area contributed by atoms with Gasteiger partial charge in [0, 0.05) is 23.1 Å². The monoisotopic (exact) mass is 476 g/mol. The number of amides is 1. The van der Waals surface area contributed by atoms with Crippen LogP contribution < -0.4 is 10.1 Å². The lowest BCUT2D eigenvalue weighted by molar-refractivity contribution is 0.0952. The third-order valence-electron chi connectivity index (χ3n) is 6.41. The van der Waals surface area contributed by atoms with Crippen molar-refractivity contribution in [2.45, 2.75) is 27.3 Å². The lowest BCUT2D eigenvalue weighted by atomic mass is 10.0. The number of nitrogens with one attached hydrogen (secondary N) is 1. The highest BCUT2D eigenvalue weighted by molar-refractivity contribution is 6.07. The molecule has 6 nitrogen and oxygen atoms in total.